The minimum Gasteiger partial charge on any atom is -0.495 e. The van der Waals surface area contributed by atoms with Crippen LogP contribution in [-0.4, -0.2) is 17.1 Å². The molecule has 0 unspecified atom stereocenters. The monoisotopic (exact) mass is 249 g/mol. The first-order valence-electron chi connectivity index (χ1n) is 5.04. The van der Waals surface area contributed by atoms with E-state index in [9.17, 15) is 0 Å². The summed E-state index contributed by atoms with van der Waals surface area (Å²) in [6, 6.07) is 5.40. The Morgan fingerprint density at radius 2 is 2.00 bits per heavy atom. The van der Waals surface area contributed by atoms with E-state index >= 15 is 0 Å². The molecule has 0 fully saturated rings. The van der Waals surface area contributed by atoms with E-state index in [2.05, 4.69) is 9.97 Å². The molecule has 0 radical (unpaired) electrons. The van der Waals surface area contributed by atoms with Gasteiger partial charge in [0.05, 0.1) is 17.8 Å². The molecule has 88 valence electrons. The lowest BCUT2D eigenvalue weighted by Gasteiger charge is -2.09. The van der Waals surface area contributed by atoms with Crippen molar-refractivity contribution in [3.8, 4) is 17.0 Å². The number of ether oxygens (including phenoxy) is 1. The summed E-state index contributed by atoms with van der Waals surface area (Å²) in [5.74, 6) is 1.08. The molecule has 1 aromatic carbocycles. The summed E-state index contributed by atoms with van der Waals surface area (Å²) in [6.45, 7) is 1.96. The number of methoxy groups -OCH3 is 1. The number of hydrogen-bond acceptors (Lipinski definition) is 4. The van der Waals surface area contributed by atoms with Gasteiger partial charge in [-0.2, -0.15) is 0 Å². The molecule has 0 aliphatic carbocycles. The number of nitrogens with zero attached hydrogens (tertiary/aromatic N) is 2. The summed E-state index contributed by atoms with van der Waals surface area (Å²) in [6.07, 6.45) is 1.43. The van der Waals surface area contributed by atoms with Crippen LogP contribution in [0.3, 0.4) is 0 Å². The van der Waals surface area contributed by atoms with E-state index in [0.717, 1.165) is 16.8 Å². The number of anilines is 1. The highest BCUT2D eigenvalue weighted by molar-refractivity contribution is 6.32. The number of nitrogens with two attached hydrogens (primary N) is 1. The van der Waals surface area contributed by atoms with Crippen LogP contribution in [0.1, 0.15) is 5.56 Å². The predicted octanol–water partition coefficient (Wildman–Crippen LogP) is 2.70. The Hall–Kier alpha value is -1.81. The van der Waals surface area contributed by atoms with Crippen LogP contribution in [0.25, 0.3) is 11.3 Å². The second kappa shape index (κ2) is 4.59. The number of benzene rings is 1. The molecule has 4 nitrogen and oxygen atoms in total. The third-order valence-electron chi connectivity index (χ3n) is 2.46. The smallest absolute Gasteiger partial charge is 0.137 e. The number of aromatic nitrogens is 2. The Morgan fingerprint density at radius 3 is 2.65 bits per heavy atom. The van der Waals surface area contributed by atoms with Gasteiger partial charge in [0.1, 0.15) is 17.9 Å². The fourth-order valence-electron chi connectivity index (χ4n) is 1.61. The van der Waals surface area contributed by atoms with E-state index in [1.165, 1.54) is 6.33 Å². The average Bonchev–Trinajstić information content (AvgIpc) is 2.31. The van der Waals surface area contributed by atoms with Crippen molar-refractivity contribution in [2.75, 3.05) is 12.8 Å². The summed E-state index contributed by atoms with van der Waals surface area (Å²) >= 11 is 6.09. The van der Waals surface area contributed by atoms with Gasteiger partial charge in [-0.25, -0.2) is 9.97 Å². The van der Waals surface area contributed by atoms with E-state index < -0.39 is 0 Å². The molecule has 0 amide bonds. The van der Waals surface area contributed by atoms with E-state index in [1.54, 1.807) is 13.2 Å². The van der Waals surface area contributed by atoms with Gasteiger partial charge in [-0.05, 0) is 24.6 Å². The molecule has 0 aliphatic heterocycles. The van der Waals surface area contributed by atoms with Gasteiger partial charge in [0, 0.05) is 11.6 Å². The van der Waals surface area contributed by atoms with Crippen LogP contribution in [-0.2, 0) is 0 Å². The molecular formula is C12H12ClN3O. The van der Waals surface area contributed by atoms with Crippen LogP contribution in [0, 0.1) is 6.92 Å². The number of halogens is 1. The molecule has 1 heterocycles. The average molecular weight is 250 g/mol. The summed E-state index contributed by atoms with van der Waals surface area (Å²) in [4.78, 5) is 8.04. The van der Waals surface area contributed by atoms with Crippen LogP contribution < -0.4 is 10.5 Å². The first kappa shape index (κ1) is 11.7. The molecule has 2 aromatic rings. The fourth-order valence-corrected chi connectivity index (χ4v) is 1.85. The molecule has 0 bridgehead atoms. The zero-order valence-corrected chi connectivity index (χ0v) is 10.3. The lowest BCUT2D eigenvalue weighted by molar-refractivity contribution is 0.415. The Morgan fingerprint density at radius 1 is 1.24 bits per heavy atom. The summed E-state index contributed by atoms with van der Waals surface area (Å²) in [5, 5.41) is 0.547. The molecule has 2 N–H and O–H groups in total. The zero-order chi connectivity index (χ0) is 12.4. The molecular weight excluding hydrogens is 238 g/mol. The molecule has 0 atom stereocenters. The Balaban J connectivity index is 2.56. The van der Waals surface area contributed by atoms with Crippen molar-refractivity contribution in [3.05, 3.63) is 35.1 Å². The topological polar surface area (TPSA) is 61.0 Å². The van der Waals surface area contributed by atoms with Crippen molar-refractivity contribution in [1.29, 1.82) is 0 Å². The second-order valence-corrected chi connectivity index (χ2v) is 4.04. The summed E-state index contributed by atoms with van der Waals surface area (Å²) < 4.78 is 5.15. The molecule has 2 rings (SSSR count). The van der Waals surface area contributed by atoms with Crippen LogP contribution in [0.4, 0.5) is 5.82 Å². The number of rotatable bonds is 2. The fraction of sp³-hybridized carbons (Fsp3) is 0.167. The second-order valence-electron chi connectivity index (χ2n) is 3.63. The van der Waals surface area contributed by atoms with Gasteiger partial charge in [0.25, 0.3) is 0 Å². The minimum absolute atomic E-state index is 0.432. The van der Waals surface area contributed by atoms with Gasteiger partial charge in [-0.1, -0.05) is 11.6 Å². The van der Waals surface area contributed by atoms with Gasteiger partial charge >= 0.3 is 0 Å². The SMILES string of the molecule is COc1cc(C)c(-c2cc(N)ncn2)cc1Cl. The predicted molar refractivity (Wildman–Crippen MR) is 68.2 cm³/mol. The largest absolute Gasteiger partial charge is 0.495 e. The van der Waals surface area contributed by atoms with Crippen LogP contribution in [0.5, 0.6) is 5.75 Å². The molecule has 0 saturated carbocycles. The quantitative estimate of drug-likeness (QED) is 0.889. The molecule has 5 heteroatoms. The maximum Gasteiger partial charge on any atom is 0.137 e. The van der Waals surface area contributed by atoms with E-state index in [1.807, 2.05) is 19.1 Å². The first-order chi connectivity index (χ1) is 8.11. The van der Waals surface area contributed by atoms with Crippen molar-refractivity contribution in [2.45, 2.75) is 6.92 Å². The van der Waals surface area contributed by atoms with Crippen LogP contribution in [0.15, 0.2) is 24.5 Å². The van der Waals surface area contributed by atoms with Gasteiger partial charge in [0.2, 0.25) is 0 Å². The summed E-state index contributed by atoms with van der Waals surface area (Å²) in [7, 11) is 1.59. The maximum absolute atomic E-state index is 6.09. The van der Waals surface area contributed by atoms with Crippen LogP contribution >= 0.6 is 11.6 Å². The number of nitrogen functional groups attached to an aromatic ring is 1. The van der Waals surface area contributed by atoms with E-state index in [-0.39, 0.29) is 0 Å². The Labute approximate surface area is 104 Å². The van der Waals surface area contributed by atoms with Crippen molar-refractivity contribution < 1.29 is 4.74 Å². The van der Waals surface area contributed by atoms with Crippen molar-refractivity contribution in [3.63, 3.8) is 0 Å². The standard InChI is InChI=1S/C12H12ClN3O/c1-7-3-11(17-2)9(13)4-8(7)10-5-12(14)16-6-15-10/h3-6H,1-2H3,(H2,14,15,16). The third-order valence-corrected chi connectivity index (χ3v) is 2.76. The lowest BCUT2D eigenvalue weighted by atomic mass is 10.1. The highest BCUT2D eigenvalue weighted by Gasteiger charge is 2.09. The van der Waals surface area contributed by atoms with Gasteiger partial charge < -0.3 is 10.5 Å². The molecule has 17 heavy (non-hydrogen) atoms. The van der Waals surface area contributed by atoms with Crippen molar-refractivity contribution in [2.24, 2.45) is 0 Å². The lowest BCUT2D eigenvalue weighted by Crippen LogP contribution is -1.95. The number of aryl methyl sites for hydroxylation is 1. The minimum atomic E-state index is 0.432. The van der Waals surface area contributed by atoms with E-state index in [0.29, 0.717) is 16.6 Å². The van der Waals surface area contributed by atoms with E-state index in [4.69, 9.17) is 22.1 Å². The molecule has 0 aliphatic rings. The summed E-state index contributed by atoms with van der Waals surface area (Å²) in [5.41, 5.74) is 8.32. The van der Waals surface area contributed by atoms with Gasteiger partial charge in [-0.15, -0.1) is 0 Å². The van der Waals surface area contributed by atoms with Crippen molar-refractivity contribution >= 4 is 17.4 Å². The maximum atomic E-state index is 6.09. The van der Waals surface area contributed by atoms with Crippen molar-refractivity contribution in [1.82, 2.24) is 9.97 Å². The Bertz CT molecular complexity index is 557. The molecule has 0 spiro atoms. The third kappa shape index (κ3) is 2.31. The normalized spacial score (nSPS) is 10.3. The van der Waals surface area contributed by atoms with Gasteiger partial charge in [-0.3, -0.25) is 0 Å². The van der Waals surface area contributed by atoms with Crippen LogP contribution in [0.2, 0.25) is 5.02 Å². The first-order valence-corrected chi connectivity index (χ1v) is 5.41. The Kier molecular flexibility index (Phi) is 3.15. The molecule has 1 aromatic heterocycles. The zero-order valence-electron chi connectivity index (χ0n) is 9.57. The van der Waals surface area contributed by atoms with Gasteiger partial charge in [0.15, 0.2) is 0 Å². The number of hydrogen-bond donors (Lipinski definition) is 1. The highest BCUT2D eigenvalue weighted by Crippen LogP contribution is 2.32. The molecule has 0 saturated heterocycles. The highest BCUT2D eigenvalue weighted by atomic mass is 35.5.